The fourth-order valence-electron chi connectivity index (χ4n) is 2.67. The van der Waals surface area contributed by atoms with Gasteiger partial charge in [0.15, 0.2) is 0 Å². The molecule has 0 radical (unpaired) electrons. The van der Waals surface area contributed by atoms with Crippen molar-refractivity contribution >= 4 is 11.7 Å². The highest BCUT2D eigenvalue weighted by Crippen LogP contribution is 2.28. The number of carboxylic acids is 1. The monoisotopic (exact) mass is 258 g/mol. The molecule has 1 aromatic carbocycles. The second kappa shape index (κ2) is 6.24. The van der Waals surface area contributed by atoms with Crippen molar-refractivity contribution in [2.75, 3.05) is 5.32 Å². The lowest BCUT2D eigenvalue weighted by Gasteiger charge is -2.29. The summed E-state index contributed by atoms with van der Waals surface area (Å²) in [6, 6.07) is 9.99. The zero-order valence-electron chi connectivity index (χ0n) is 10.8. The number of rotatable bonds is 4. The minimum atomic E-state index is -0.696. The second-order valence-corrected chi connectivity index (χ2v) is 5.15. The number of carboxylic acid groups (broad SMARTS) is 1. The molecule has 19 heavy (non-hydrogen) atoms. The van der Waals surface area contributed by atoms with Crippen molar-refractivity contribution < 1.29 is 9.90 Å². The van der Waals surface area contributed by atoms with Crippen molar-refractivity contribution in [1.29, 1.82) is 5.26 Å². The second-order valence-electron chi connectivity index (χ2n) is 5.15. The van der Waals surface area contributed by atoms with Gasteiger partial charge in [-0.25, -0.2) is 0 Å². The Balaban J connectivity index is 1.85. The van der Waals surface area contributed by atoms with Crippen LogP contribution < -0.4 is 5.32 Å². The average molecular weight is 258 g/mol. The van der Waals surface area contributed by atoms with E-state index in [0.717, 1.165) is 31.4 Å². The Morgan fingerprint density at radius 1 is 1.37 bits per heavy atom. The first-order chi connectivity index (χ1) is 9.17. The lowest BCUT2D eigenvalue weighted by atomic mass is 9.84. The van der Waals surface area contributed by atoms with E-state index >= 15 is 0 Å². The van der Waals surface area contributed by atoms with Crippen LogP contribution in [0.1, 0.15) is 37.7 Å². The number of hydrogen-bond donors (Lipinski definition) is 2. The highest BCUT2D eigenvalue weighted by atomic mass is 16.4. The Morgan fingerprint density at radius 2 is 2.11 bits per heavy atom. The van der Waals surface area contributed by atoms with E-state index in [1.807, 2.05) is 18.2 Å². The van der Waals surface area contributed by atoms with E-state index in [-0.39, 0.29) is 6.42 Å². The number of nitriles is 1. The van der Waals surface area contributed by atoms with Crippen LogP contribution in [-0.2, 0) is 4.79 Å². The third kappa shape index (κ3) is 3.99. The standard InChI is InChI=1S/C15H18N2O2/c16-10-12-2-1-3-14(8-12)17-13-6-4-11(5-7-13)9-15(18)19/h1-3,8,11,13,17H,4-7,9H2,(H,18,19). The van der Waals surface area contributed by atoms with Crippen molar-refractivity contribution in [2.45, 2.75) is 38.1 Å². The average Bonchev–Trinajstić information content (AvgIpc) is 2.41. The van der Waals surface area contributed by atoms with Crippen molar-refractivity contribution in [3.8, 4) is 6.07 Å². The van der Waals surface area contributed by atoms with Crippen molar-refractivity contribution in [1.82, 2.24) is 0 Å². The van der Waals surface area contributed by atoms with Gasteiger partial charge in [-0.15, -0.1) is 0 Å². The van der Waals surface area contributed by atoms with Gasteiger partial charge in [-0.3, -0.25) is 4.79 Å². The van der Waals surface area contributed by atoms with Gasteiger partial charge >= 0.3 is 5.97 Å². The van der Waals surface area contributed by atoms with Gasteiger partial charge < -0.3 is 10.4 Å². The Kier molecular flexibility index (Phi) is 4.40. The Morgan fingerprint density at radius 3 is 2.74 bits per heavy atom. The predicted molar refractivity (Wildman–Crippen MR) is 72.8 cm³/mol. The van der Waals surface area contributed by atoms with Gasteiger partial charge in [0.1, 0.15) is 0 Å². The molecule has 1 fully saturated rings. The topological polar surface area (TPSA) is 73.1 Å². The summed E-state index contributed by atoms with van der Waals surface area (Å²) in [5, 5.41) is 21.1. The van der Waals surface area contributed by atoms with E-state index in [9.17, 15) is 4.79 Å². The lowest BCUT2D eigenvalue weighted by molar-refractivity contribution is -0.138. The summed E-state index contributed by atoms with van der Waals surface area (Å²) in [6.07, 6.45) is 4.20. The fourth-order valence-corrected chi connectivity index (χ4v) is 2.67. The highest BCUT2D eigenvalue weighted by Gasteiger charge is 2.22. The zero-order valence-corrected chi connectivity index (χ0v) is 10.8. The van der Waals surface area contributed by atoms with E-state index in [1.54, 1.807) is 6.07 Å². The number of carbonyl (C=O) groups is 1. The summed E-state index contributed by atoms with van der Waals surface area (Å²) in [5.74, 6) is -0.376. The Hall–Kier alpha value is -2.02. The fraction of sp³-hybridized carbons (Fsp3) is 0.467. The number of nitrogens with zero attached hydrogens (tertiary/aromatic N) is 1. The van der Waals surface area contributed by atoms with E-state index in [0.29, 0.717) is 17.5 Å². The molecule has 0 aromatic heterocycles. The first-order valence-corrected chi connectivity index (χ1v) is 6.66. The summed E-state index contributed by atoms with van der Waals surface area (Å²) in [7, 11) is 0. The van der Waals surface area contributed by atoms with E-state index < -0.39 is 5.97 Å². The van der Waals surface area contributed by atoms with Crippen LogP contribution in [0.25, 0.3) is 0 Å². The Labute approximate surface area is 113 Å². The van der Waals surface area contributed by atoms with Gasteiger partial charge in [0.25, 0.3) is 0 Å². The molecule has 1 saturated carbocycles. The molecule has 1 aliphatic carbocycles. The molecule has 1 aliphatic rings. The van der Waals surface area contributed by atoms with E-state index in [2.05, 4.69) is 11.4 Å². The van der Waals surface area contributed by atoms with Crippen LogP contribution in [0.2, 0.25) is 0 Å². The molecular weight excluding hydrogens is 240 g/mol. The normalized spacial score (nSPS) is 22.5. The summed E-state index contributed by atoms with van der Waals surface area (Å²) >= 11 is 0. The summed E-state index contributed by atoms with van der Waals surface area (Å²) in [5.41, 5.74) is 1.63. The van der Waals surface area contributed by atoms with Crippen molar-refractivity contribution in [3.63, 3.8) is 0 Å². The molecule has 0 amide bonds. The number of benzene rings is 1. The van der Waals surface area contributed by atoms with Crippen LogP contribution >= 0.6 is 0 Å². The number of aliphatic carboxylic acids is 1. The van der Waals surface area contributed by atoms with Gasteiger partial charge in [-0.1, -0.05) is 6.07 Å². The summed E-state index contributed by atoms with van der Waals surface area (Å²) < 4.78 is 0. The third-order valence-corrected chi connectivity index (χ3v) is 3.67. The van der Waals surface area contributed by atoms with Gasteiger partial charge in [-0.2, -0.15) is 5.26 Å². The van der Waals surface area contributed by atoms with Gasteiger partial charge in [-0.05, 0) is 49.8 Å². The molecule has 0 bridgehead atoms. The van der Waals surface area contributed by atoms with Gasteiger partial charge in [0.05, 0.1) is 11.6 Å². The SMILES string of the molecule is N#Cc1cccc(NC2CCC(CC(=O)O)CC2)c1. The molecular formula is C15H18N2O2. The molecule has 0 aliphatic heterocycles. The number of anilines is 1. The minimum absolute atomic E-state index is 0.288. The van der Waals surface area contributed by atoms with E-state index in [1.165, 1.54) is 0 Å². The summed E-state index contributed by atoms with van der Waals surface area (Å²) in [6.45, 7) is 0. The van der Waals surface area contributed by atoms with E-state index in [4.69, 9.17) is 10.4 Å². The maximum atomic E-state index is 10.7. The Bertz CT molecular complexity index is 485. The zero-order chi connectivity index (χ0) is 13.7. The molecule has 4 heteroatoms. The van der Waals surface area contributed by atoms with Crippen LogP contribution in [-0.4, -0.2) is 17.1 Å². The highest BCUT2D eigenvalue weighted by molar-refractivity contribution is 5.67. The molecule has 100 valence electrons. The van der Waals surface area contributed by atoms with Gasteiger partial charge in [0.2, 0.25) is 0 Å². The molecule has 2 rings (SSSR count). The molecule has 2 N–H and O–H groups in total. The van der Waals surface area contributed by atoms with Crippen LogP contribution in [0.3, 0.4) is 0 Å². The first-order valence-electron chi connectivity index (χ1n) is 6.66. The third-order valence-electron chi connectivity index (χ3n) is 3.67. The smallest absolute Gasteiger partial charge is 0.303 e. The largest absolute Gasteiger partial charge is 0.481 e. The summed E-state index contributed by atoms with van der Waals surface area (Å²) in [4.78, 5) is 10.7. The molecule has 0 saturated heterocycles. The molecule has 0 heterocycles. The van der Waals surface area contributed by atoms with Crippen molar-refractivity contribution in [2.24, 2.45) is 5.92 Å². The van der Waals surface area contributed by atoms with Crippen LogP contribution in [0.15, 0.2) is 24.3 Å². The van der Waals surface area contributed by atoms with Crippen LogP contribution in [0, 0.1) is 17.2 Å². The molecule has 0 unspecified atom stereocenters. The number of nitrogens with one attached hydrogen (secondary N) is 1. The first kappa shape index (κ1) is 13.4. The molecule has 4 nitrogen and oxygen atoms in total. The molecule has 0 spiro atoms. The maximum Gasteiger partial charge on any atom is 0.303 e. The lowest BCUT2D eigenvalue weighted by Crippen LogP contribution is -2.27. The minimum Gasteiger partial charge on any atom is -0.481 e. The molecule has 0 atom stereocenters. The predicted octanol–water partition coefficient (Wildman–Crippen LogP) is 3.00. The number of hydrogen-bond acceptors (Lipinski definition) is 3. The quantitative estimate of drug-likeness (QED) is 0.870. The van der Waals surface area contributed by atoms with Crippen molar-refractivity contribution in [3.05, 3.63) is 29.8 Å². The maximum absolute atomic E-state index is 10.7. The van der Waals surface area contributed by atoms with Crippen LogP contribution in [0.4, 0.5) is 5.69 Å². The van der Waals surface area contributed by atoms with Gasteiger partial charge in [0, 0.05) is 18.2 Å². The molecule has 1 aromatic rings. The van der Waals surface area contributed by atoms with Crippen LogP contribution in [0.5, 0.6) is 0 Å².